The molecule has 1 aliphatic carbocycles. The number of amides is 1. The van der Waals surface area contributed by atoms with Gasteiger partial charge in [-0.15, -0.1) is 11.3 Å². The van der Waals surface area contributed by atoms with Crippen LogP contribution in [-0.2, 0) is 17.6 Å². The fourth-order valence-corrected chi connectivity index (χ4v) is 4.71. The van der Waals surface area contributed by atoms with Crippen LogP contribution < -0.4 is 5.32 Å². The predicted molar refractivity (Wildman–Crippen MR) is 98.9 cm³/mol. The highest BCUT2D eigenvalue weighted by molar-refractivity contribution is 7.99. The minimum Gasteiger partial charge on any atom is -0.316 e. The number of aromatic nitrogens is 1. The molecule has 0 saturated carbocycles. The van der Waals surface area contributed by atoms with Gasteiger partial charge in [0.15, 0.2) is 0 Å². The zero-order chi connectivity index (χ0) is 16.9. The molecular weight excluding hydrogens is 362 g/mol. The van der Waals surface area contributed by atoms with Crippen LogP contribution in [0.15, 0.2) is 23.4 Å². The lowest BCUT2D eigenvalue weighted by Gasteiger charge is -2.04. The number of nitriles is 1. The SMILES string of the molecule is N#Cc1c(NC(=O)CSc2ccc(Cl)cn2)sc2c1CCCCC2. The molecule has 1 aliphatic rings. The monoisotopic (exact) mass is 377 g/mol. The number of hydrogen-bond donors (Lipinski definition) is 1. The summed E-state index contributed by atoms with van der Waals surface area (Å²) in [6.45, 7) is 0. The summed E-state index contributed by atoms with van der Waals surface area (Å²) in [5, 5.41) is 14.4. The third-order valence-corrected chi connectivity index (χ3v) is 6.21. The zero-order valence-electron chi connectivity index (χ0n) is 13.0. The van der Waals surface area contributed by atoms with Crippen molar-refractivity contribution in [1.82, 2.24) is 4.98 Å². The van der Waals surface area contributed by atoms with Crippen molar-refractivity contribution in [3.63, 3.8) is 0 Å². The summed E-state index contributed by atoms with van der Waals surface area (Å²) in [7, 11) is 0. The number of anilines is 1. The normalized spacial score (nSPS) is 13.7. The summed E-state index contributed by atoms with van der Waals surface area (Å²) in [6, 6.07) is 5.81. The first kappa shape index (κ1) is 17.3. The molecule has 2 heterocycles. The van der Waals surface area contributed by atoms with E-state index in [0.29, 0.717) is 15.6 Å². The Kier molecular flexibility index (Phi) is 5.77. The van der Waals surface area contributed by atoms with Crippen LogP contribution in [-0.4, -0.2) is 16.6 Å². The number of pyridine rings is 1. The van der Waals surface area contributed by atoms with E-state index in [0.717, 1.165) is 36.3 Å². The van der Waals surface area contributed by atoms with Crippen molar-refractivity contribution in [2.75, 3.05) is 11.1 Å². The average Bonchev–Trinajstić information content (AvgIpc) is 2.74. The maximum Gasteiger partial charge on any atom is 0.235 e. The molecular formula is C17H16ClN3OS2. The highest BCUT2D eigenvalue weighted by Crippen LogP contribution is 2.37. The van der Waals surface area contributed by atoms with E-state index in [2.05, 4.69) is 16.4 Å². The molecule has 2 aromatic rings. The van der Waals surface area contributed by atoms with Crippen LogP contribution in [0.3, 0.4) is 0 Å². The summed E-state index contributed by atoms with van der Waals surface area (Å²) in [5.41, 5.74) is 1.79. The molecule has 0 fully saturated rings. The highest BCUT2D eigenvalue weighted by atomic mass is 35.5. The topological polar surface area (TPSA) is 65.8 Å². The fraction of sp³-hybridized carbons (Fsp3) is 0.353. The summed E-state index contributed by atoms with van der Waals surface area (Å²) >= 11 is 8.70. The molecule has 0 bridgehead atoms. The summed E-state index contributed by atoms with van der Waals surface area (Å²) < 4.78 is 0. The first-order valence-corrected chi connectivity index (χ1v) is 9.94. The number of halogens is 1. The second-order valence-corrected chi connectivity index (χ2v) is 8.07. The Bertz CT molecular complexity index is 780. The molecule has 0 saturated heterocycles. The summed E-state index contributed by atoms with van der Waals surface area (Å²) in [4.78, 5) is 17.6. The van der Waals surface area contributed by atoms with Crippen LogP contribution >= 0.6 is 34.7 Å². The van der Waals surface area contributed by atoms with Crippen molar-refractivity contribution in [3.8, 4) is 6.07 Å². The molecule has 1 N–H and O–H groups in total. The fourth-order valence-electron chi connectivity index (χ4n) is 2.70. The lowest BCUT2D eigenvalue weighted by molar-refractivity contribution is -0.113. The van der Waals surface area contributed by atoms with E-state index in [1.165, 1.54) is 23.1 Å². The van der Waals surface area contributed by atoms with Gasteiger partial charge in [0, 0.05) is 11.1 Å². The van der Waals surface area contributed by atoms with Crippen molar-refractivity contribution < 1.29 is 4.79 Å². The molecule has 0 spiro atoms. The van der Waals surface area contributed by atoms with Crippen LogP contribution in [0, 0.1) is 11.3 Å². The van der Waals surface area contributed by atoms with Crippen LogP contribution in [0.25, 0.3) is 0 Å². The molecule has 0 radical (unpaired) electrons. The third kappa shape index (κ3) is 4.10. The Labute approximate surface area is 154 Å². The summed E-state index contributed by atoms with van der Waals surface area (Å²) in [6.07, 6.45) is 6.99. The number of nitrogens with zero attached hydrogens (tertiary/aromatic N) is 2. The minimum absolute atomic E-state index is 0.121. The van der Waals surface area contributed by atoms with E-state index in [1.807, 2.05) is 0 Å². The van der Waals surface area contributed by atoms with E-state index in [9.17, 15) is 10.1 Å². The van der Waals surface area contributed by atoms with Gasteiger partial charge in [-0.1, -0.05) is 29.8 Å². The Morgan fingerprint density at radius 3 is 2.96 bits per heavy atom. The van der Waals surface area contributed by atoms with E-state index >= 15 is 0 Å². The van der Waals surface area contributed by atoms with Crippen molar-refractivity contribution in [2.24, 2.45) is 0 Å². The summed E-state index contributed by atoms with van der Waals surface area (Å²) in [5.74, 6) is 0.131. The van der Waals surface area contributed by atoms with Gasteiger partial charge in [-0.05, 0) is 43.4 Å². The number of nitrogens with one attached hydrogen (secondary N) is 1. The van der Waals surface area contributed by atoms with E-state index in [1.54, 1.807) is 29.7 Å². The van der Waals surface area contributed by atoms with Gasteiger partial charge in [0.05, 0.1) is 21.4 Å². The second kappa shape index (κ2) is 8.02. The number of rotatable bonds is 4. The Balaban J connectivity index is 1.66. The van der Waals surface area contributed by atoms with Gasteiger partial charge >= 0.3 is 0 Å². The number of aryl methyl sites for hydroxylation is 1. The number of thioether (sulfide) groups is 1. The molecule has 124 valence electrons. The Morgan fingerprint density at radius 2 is 2.21 bits per heavy atom. The van der Waals surface area contributed by atoms with Crippen LogP contribution in [0.5, 0.6) is 0 Å². The molecule has 24 heavy (non-hydrogen) atoms. The average molecular weight is 378 g/mol. The number of hydrogen-bond acceptors (Lipinski definition) is 5. The van der Waals surface area contributed by atoms with Gasteiger partial charge in [-0.25, -0.2) is 4.98 Å². The van der Waals surface area contributed by atoms with Gasteiger partial charge in [-0.3, -0.25) is 4.79 Å². The predicted octanol–water partition coefficient (Wildman–Crippen LogP) is 4.67. The molecule has 4 nitrogen and oxygen atoms in total. The molecule has 7 heteroatoms. The maximum absolute atomic E-state index is 12.2. The van der Waals surface area contributed by atoms with Crippen LogP contribution in [0.4, 0.5) is 5.00 Å². The lowest BCUT2D eigenvalue weighted by atomic mass is 10.1. The Hall–Kier alpha value is -1.55. The van der Waals surface area contributed by atoms with Crippen LogP contribution in [0.2, 0.25) is 5.02 Å². The van der Waals surface area contributed by atoms with Gasteiger partial charge in [0.2, 0.25) is 5.91 Å². The number of thiophene rings is 1. The van der Waals surface area contributed by atoms with E-state index < -0.39 is 0 Å². The standard InChI is InChI=1S/C17H16ClN3OS2/c18-11-6-7-16(20-9-11)23-10-15(22)21-17-13(8-19)12-4-2-1-3-5-14(12)24-17/h6-7,9H,1-5,10H2,(H,21,22). The molecule has 0 aliphatic heterocycles. The Morgan fingerprint density at radius 1 is 1.38 bits per heavy atom. The van der Waals surface area contributed by atoms with Gasteiger partial charge in [0.1, 0.15) is 11.1 Å². The van der Waals surface area contributed by atoms with Crippen molar-refractivity contribution in [2.45, 2.75) is 37.1 Å². The lowest BCUT2D eigenvalue weighted by Crippen LogP contribution is -2.14. The molecule has 0 atom stereocenters. The maximum atomic E-state index is 12.2. The van der Waals surface area contributed by atoms with Crippen molar-refractivity contribution in [3.05, 3.63) is 39.4 Å². The second-order valence-electron chi connectivity index (χ2n) is 5.53. The molecule has 2 aromatic heterocycles. The highest BCUT2D eigenvalue weighted by Gasteiger charge is 2.20. The quantitative estimate of drug-likeness (QED) is 0.621. The molecule has 0 unspecified atom stereocenters. The zero-order valence-corrected chi connectivity index (χ0v) is 15.4. The number of fused-ring (bicyclic) bond motifs is 1. The molecule has 1 amide bonds. The van der Waals surface area contributed by atoms with Gasteiger partial charge in [0.25, 0.3) is 0 Å². The minimum atomic E-state index is -0.121. The van der Waals surface area contributed by atoms with Gasteiger partial charge < -0.3 is 5.32 Å². The van der Waals surface area contributed by atoms with E-state index in [4.69, 9.17) is 11.6 Å². The van der Waals surface area contributed by atoms with Crippen molar-refractivity contribution >= 4 is 45.6 Å². The largest absolute Gasteiger partial charge is 0.316 e. The first-order valence-electron chi connectivity index (χ1n) is 7.76. The van der Waals surface area contributed by atoms with E-state index in [-0.39, 0.29) is 11.7 Å². The smallest absolute Gasteiger partial charge is 0.235 e. The van der Waals surface area contributed by atoms with Crippen LogP contribution in [0.1, 0.15) is 35.3 Å². The molecule has 0 aromatic carbocycles. The van der Waals surface area contributed by atoms with Crippen molar-refractivity contribution in [1.29, 1.82) is 5.26 Å². The third-order valence-electron chi connectivity index (χ3n) is 3.84. The molecule has 3 rings (SSSR count). The number of carbonyl (C=O) groups excluding carboxylic acids is 1. The number of carbonyl (C=O) groups is 1. The van der Waals surface area contributed by atoms with Gasteiger partial charge in [-0.2, -0.15) is 5.26 Å². The first-order chi connectivity index (χ1) is 11.7.